The van der Waals surface area contributed by atoms with Crippen LogP contribution in [0.25, 0.3) is 11.0 Å². The lowest BCUT2D eigenvalue weighted by Gasteiger charge is -2.12. The Morgan fingerprint density at radius 2 is 2.08 bits per heavy atom. The third-order valence-corrected chi connectivity index (χ3v) is 4.07. The van der Waals surface area contributed by atoms with Crippen LogP contribution in [0.5, 0.6) is 5.75 Å². The first-order valence-electron chi connectivity index (χ1n) is 8.84. The third-order valence-electron chi connectivity index (χ3n) is 4.07. The van der Waals surface area contributed by atoms with Gasteiger partial charge in [0.25, 0.3) is 5.91 Å². The average Bonchev–Trinajstić information content (AvgIpc) is 3.07. The van der Waals surface area contributed by atoms with E-state index in [1.54, 1.807) is 18.3 Å². The van der Waals surface area contributed by atoms with Crippen molar-refractivity contribution in [3.8, 4) is 5.75 Å². The quantitative estimate of drug-likeness (QED) is 0.669. The molecule has 1 amide bonds. The summed E-state index contributed by atoms with van der Waals surface area (Å²) >= 11 is 0. The molecule has 0 spiro atoms. The molecule has 0 saturated heterocycles. The van der Waals surface area contributed by atoms with E-state index in [-0.39, 0.29) is 11.7 Å². The number of nitrogens with one attached hydrogen (secondary N) is 1. The van der Waals surface area contributed by atoms with Gasteiger partial charge in [0.2, 0.25) is 11.4 Å². The lowest BCUT2D eigenvalue weighted by Crippen LogP contribution is -2.25. The highest BCUT2D eigenvalue weighted by atomic mass is 16.5. The van der Waals surface area contributed by atoms with Gasteiger partial charge in [0.05, 0.1) is 12.0 Å². The first-order valence-corrected chi connectivity index (χ1v) is 8.84. The van der Waals surface area contributed by atoms with Crippen LogP contribution in [0.1, 0.15) is 36.4 Å². The number of hydrogen-bond donors (Lipinski definition) is 1. The van der Waals surface area contributed by atoms with Gasteiger partial charge in [0, 0.05) is 12.7 Å². The predicted molar refractivity (Wildman–Crippen MR) is 99.2 cm³/mol. The molecule has 0 fully saturated rings. The number of rotatable bonds is 8. The lowest BCUT2D eigenvalue weighted by atomic mass is 10.1. The van der Waals surface area contributed by atoms with Crippen LogP contribution in [-0.4, -0.2) is 29.2 Å². The van der Waals surface area contributed by atoms with Crippen LogP contribution < -0.4 is 10.1 Å². The lowest BCUT2D eigenvalue weighted by molar-refractivity contribution is 0.0919. The van der Waals surface area contributed by atoms with Crippen LogP contribution in [0.4, 0.5) is 0 Å². The summed E-state index contributed by atoms with van der Waals surface area (Å²) in [5.41, 5.74) is 1.50. The molecule has 1 N–H and O–H groups in total. The molecular formula is C20H23N3O3. The maximum Gasteiger partial charge on any atom is 0.290 e. The fourth-order valence-electron chi connectivity index (χ4n) is 2.60. The normalized spacial score (nSPS) is 11.0. The molecule has 0 unspecified atom stereocenters. The molecule has 2 heterocycles. The highest BCUT2D eigenvalue weighted by Gasteiger charge is 2.16. The Bertz CT molecular complexity index is 873. The maximum absolute atomic E-state index is 12.3. The number of aromatic nitrogens is 2. The monoisotopic (exact) mass is 353 g/mol. The van der Waals surface area contributed by atoms with E-state index < -0.39 is 0 Å². The van der Waals surface area contributed by atoms with Crippen molar-refractivity contribution in [2.24, 2.45) is 5.92 Å². The van der Waals surface area contributed by atoms with Gasteiger partial charge in [-0.25, -0.2) is 4.98 Å². The minimum atomic E-state index is -0.293. The number of benzene rings is 1. The zero-order valence-electron chi connectivity index (χ0n) is 15.1. The highest BCUT2D eigenvalue weighted by Crippen LogP contribution is 2.19. The molecule has 136 valence electrons. The molecule has 0 aliphatic rings. The van der Waals surface area contributed by atoms with Crippen LogP contribution in [0.15, 0.2) is 47.1 Å². The van der Waals surface area contributed by atoms with Crippen LogP contribution in [0, 0.1) is 5.92 Å². The van der Waals surface area contributed by atoms with Gasteiger partial charge in [-0.15, -0.1) is 0 Å². The number of nitrogens with zero attached hydrogens (tertiary/aromatic N) is 2. The van der Waals surface area contributed by atoms with E-state index in [2.05, 4.69) is 29.3 Å². The molecule has 6 heteroatoms. The molecule has 0 saturated carbocycles. The van der Waals surface area contributed by atoms with E-state index in [1.165, 1.54) is 0 Å². The number of pyridine rings is 1. The van der Waals surface area contributed by atoms with Gasteiger partial charge < -0.3 is 14.6 Å². The van der Waals surface area contributed by atoms with Crippen LogP contribution >= 0.6 is 0 Å². The van der Waals surface area contributed by atoms with E-state index in [4.69, 9.17) is 9.26 Å². The molecule has 6 nitrogen and oxygen atoms in total. The number of carbonyl (C=O) groups is 1. The summed E-state index contributed by atoms with van der Waals surface area (Å²) < 4.78 is 11.0. The van der Waals surface area contributed by atoms with Crippen molar-refractivity contribution >= 4 is 16.9 Å². The van der Waals surface area contributed by atoms with Gasteiger partial charge in [-0.1, -0.05) is 37.2 Å². The molecule has 26 heavy (non-hydrogen) atoms. The second kappa shape index (κ2) is 8.47. The van der Waals surface area contributed by atoms with E-state index in [0.29, 0.717) is 36.5 Å². The number of ether oxygens (including phenoxy) is 1. The fraction of sp³-hybridized carbons (Fsp3) is 0.350. The Labute approximate surface area is 152 Å². The largest absolute Gasteiger partial charge is 0.493 e. The standard InChI is InChI=1S/C20H23N3O3/c1-14(2)10-13-25-17-8-4-3-6-15(17)9-12-22-20(24)18-16-7-5-11-21-19(16)23-26-18/h3-8,11,14H,9-10,12-13H2,1-2H3,(H,22,24). The third kappa shape index (κ3) is 4.39. The van der Waals surface area contributed by atoms with Crippen LogP contribution in [-0.2, 0) is 6.42 Å². The molecule has 1 aromatic carbocycles. The summed E-state index contributed by atoms with van der Waals surface area (Å²) in [6.07, 6.45) is 3.30. The molecule has 3 rings (SSSR count). The van der Waals surface area contributed by atoms with Crippen molar-refractivity contribution in [3.05, 3.63) is 53.9 Å². The summed E-state index contributed by atoms with van der Waals surface area (Å²) in [6.45, 7) is 5.52. The number of para-hydroxylation sites is 1. The average molecular weight is 353 g/mol. The van der Waals surface area contributed by atoms with Gasteiger partial charge in [-0.3, -0.25) is 4.79 Å². The Morgan fingerprint density at radius 1 is 1.23 bits per heavy atom. The fourth-order valence-corrected chi connectivity index (χ4v) is 2.60. The van der Waals surface area contributed by atoms with Gasteiger partial charge in [0.15, 0.2) is 0 Å². The van der Waals surface area contributed by atoms with E-state index >= 15 is 0 Å². The Hall–Kier alpha value is -2.89. The van der Waals surface area contributed by atoms with Gasteiger partial charge in [-0.05, 0) is 42.5 Å². The summed E-state index contributed by atoms with van der Waals surface area (Å²) in [5, 5.41) is 7.29. The van der Waals surface area contributed by atoms with E-state index in [1.807, 2.05) is 24.3 Å². The molecular weight excluding hydrogens is 330 g/mol. The Kier molecular flexibility index (Phi) is 5.84. The van der Waals surface area contributed by atoms with Crippen molar-refractivity contribution in [1.82, 2.24) is 15.5 Å². The van der Waals surface area contributed by atoms with Gasteiger partial charge in [0.1, 0.15) is 5.75 Å². The summed E-state index contributed by atoms with van der Waals surface area (Å²) in [7, 11) is 0. The minimum absolute atomic E-state index is 0.189. The zero-order chi connectivity index (χ0) is 18.4. The second-order valence-corrected chi connectivity index (χ2v) is 6.53. The first-order chi connectivity index (χ1) is 12.6. The Balaban J connectivity index is 1.57. The predicted octanol–water partition coefficient (Wildman–Crippen LogP) is 3.62. The molecule has 3 aromatic rings. The number of hydrogen-bond acceptors (Lipinski definition) is 5. The first kappa shape index (κ1) is 17.9. The zero-order valence-corrected chi connectivity index (χ0v) is 15.1. The van der Waals surface area contributed by atoms with E-state index in [0.717, 1.165) is 17.7 Å². The summed E-state index contributed by atoms with van der Waals surface area (Å²) in [5.74, 6) is 1.37. The van der Waals surface area contributed by atoms with Crippen molar-refractivity contribution in [2.45, 2.75) is 26.7 Å². The van der Waals surface area contributed by atoms with Crippen LogP contribution in [0.3, 0.4) is 0 Å². The number of carbonyl (C=O) groups excluding carboxylic acids is 1. The molecule has 0 atom stereocenters. The molecule has 0 bridgehead atoms. The van der Waals surface area contributed by atoms with Crippen molar-refractivity contribution in [2.75, 3.05) is 13.2 Å². The Morgan fingerprint density at radius 3 is 2.92 bits per heavy atom. The SMILES string of the molecule is CC(C)CCOc1ccccc1CCNC(=O)c1onc2ncccc12. The molecule has 0 aliphatic carbocycles. The van der Waals surface area contributed by atoms with Crippen molar-refractivity contribution in [3.63, 3.8) is 0 Å². The van der Waals surface area contributed by atoms with Crippen molar-refractivity contribution < 1.29 is 14.1 Å². The minimum Gasteiger partial charge on any atom is -0.493 e. The number of fused-ring (bicyclic) bond motifs is 1. The summed E-state index contributed by atoms with van der Waals surface area (Å²) in [4.78, 5) is 16.4. The smallest absolute Gasteiger partial charge is 0.290 e. The van der Waals surface area contributed by atoms with Gasteiger partial charge in [-0.2, -0.15) is 0 Å². The molecule has 0 aliphatic heterocycles. The topological polar surface area (TPSA) is 77.2 Å². The second-order valence-electron chi connectivity index (χ2n) is 6.53. The van der Waals surface area contributed by atoms with Crippen LogP contribution in [0.2, 0.25) is 0 Å². The van der Waals surface area contributed by atoms with Crippen molar-refractivity contribution in [1.29, 1.82) is 0 Å². The van der Waals surface area contributed by atoms with Gasteiger partial charge >= 0.3 is 0 Å². The highest BCUT2D eigenvalue weighted by molar-refractivity contribution is 6.02. The van der Waals surface area contributed by atoms with E-state index in [9.17, 15) is 4.79 Å². The summed E-state index contributed by atoms with van der Waals surface area (Å²) in [6, 6.07) is 11.4. The maximum atomic E-state index is 12.3. The molecule has 0 radical (unpaired) electrons. The molecule has 2 aromatic heterocycles. The number of amides is 1.